The Balaban J connectivity index is 1.81. The zero-order valence-electron chi connectivity index (χ0n) is 16.2. The SMILES string of the molecule is CCN1C(=O)C(=Cc2cc(Cl)c(OCc3ccc([N+](=O)[O-])cc3)c(OC)c2)NC1=S. The summed E-state index contributed by atoms with van der Waals surface area (Å²) in [4.78, 5) is 24.1. The van der Waals surface area contributed by atoms with Crippen molar-refractivity contribution in [3.8, 4) is 11.5 Å². The van der Waals surface area contributed by atoms with Crippen molar-refractivity contribution in [3.63, 3.8) is 0 Å². The average Bonchev–Trinajstić information content (AvgIpc) is 2.99. The summed E-state index contributed by atoms with van der Waals surface area (Å²) in [5, 5.41) is 14.3. The van der Waals surface area contributed by atoms with E-state index < -0.39 is 4.92 Å². The van der Waals surface area contributed by atoms with Gasteiger partial charge in [-0.25, -0.2) is 0 Å². The number of thiocarbonyl (C=S) groups is 1. The van der Waals surface area contributed by atoms with Gasteiger partial charge in [-0.05, 0) is 60.6 Å². The molecule has 0 aliphatic carbocycles. The van der Waals surface area contributed by atoms with Gasteiger partial charge in [0, 0.05) is 18.7 Å². The number of nitro benzene ring substituents is 1. The number of nitrogens with zero attached hydrogens (tertiary/aromatic N) is 2. The van der Waals surface area contributed by atoms with E-state index >= 15 is 0 Å². The van der Waals surface area contributed by atoms with Gasteiger partial charge in [0.25, 0.3) is 11.6 Å². The number of amides is 1. The van der Waals surface area contributed by atoms with E-state index in [9.17, 15) is 14.9 Å². The molecule has 2 aromatic rings. The second-order valence-electron chi connectivity index (χ2n) is 6.28. The number of nitrogens with one attached hydrogen (secondary N) is 1. The Hall–Kier alpha value is -3.17. The van der Waals surface area contributed by atoms with E-state index in [4.69, 9.17) is 33.3 Å². The van der Waals surface area contributed by atoms with Gasteiger partial charge >= 0.3 is 0 Å². The van der Waals surface area contributed by atoms with Crippen LogP contribution in [0.4, 0.5) is 5.69 Å². The lowest BCUT2D eigenvalue weighted by Gasteiger charge is -2.13. The molecule has 0 spiro atoms. The third-order valence-corrected chi connectivity index (χ3v) is 4.97. The van der Waals surface area contributed by atoms with Gasteiger partial charge in [-0.2, -0.15) is 0 Å². The summed E-state index contributed by atoms with van der Waals surface area (Å²) in [5.74, 6) is 0.504. The van der Waals surface area contributed by atoms with E-state index in [1.165, 1.54) is 24.1 Å². The Morgan fingerprint density at radius 1 is 1.30 bits per heavy atom. The molecule has 2 aromatic carbocycles. The molecule has 0 radical (unpaired) electrons. The lowest BCUT2D eigenvalue weighted by atomic mass is 10.1. The van der Waals surface area contributed by atoms with Crippen molar-refractivity contribution in [2.45, 2.75) is 13.5 Å². The Labute approximate surface area is 183 Å². The number of nitro groups is 1. The van der Waals surface area contributed by atoms with Crippen molar-refractivity contribution >= 4 is 46.6 Å². The molecule has 30 heavy (non-hydrogen) atoms. The van der Waals surface area contributed by atoms with Crippen LogP contribution in [0, 0.1) is 10.1 Å². The number of ether oxygens (including phenoxy) is 2. The topological polar surface area (TPSA) is 93.9 Å². The summed E-state index contributed by atoms with van der Waals surface area (Å²) < 4.78 is 11.2. The number of carbonyl (C=O) groups excluding carboxylic acids is 1. The number of hydrogen-bond acceptors (Lipinski definition) is 6. The van der Waals surface area contributed by atoms with Crippen molar-refractivity contribution in [2.24, 2.45) is 0 Å². The smallest absolute Gasteiger partial charge is 0.276 e. The molecule has 1 amide bonds. The van der Waals surface area contributed by atoms with Crippen molar-refractivity contribution < 1.29 is 19.2 Å². The summed E-state index contributed by atoms with van der Waals surface area (Å²) in [6.07, 6.45) is 1.64. The maximum atomic E-state index is 12.4. The molecule has 0 saturated carbocycles. The molecule has 1 aliphatic heterocycles. The number of halogens is 1. The molecule has 0 unspecified atom stereocenters. The molecule has 10 heteroatoms. The Morgan fingerprint density at radius 3 is 2.57 bits per heavy atom. The molecule has 8 nitrogen and oxygen atoms in total. The normalized spacial score (nSPS) is 14.8. The molecule has 156 valence electrons. The third-order valence-electron chi connectivity index (χ3n) is 4.37. The third kappa shape index (κ3) is 4.52. The van der Waals surface area contributed by atoms with E-state index in [1.54, 1.807) is 30.3 Å². The molecule has 1 fully saturated rings. The summed E-state index contributed by atoms with van der Waals surface area (Å²) in [6.45, 7) is 2.46. The van der Waals surface area contributed by atoms with E-state index in [1.807, 2.05) is 6.92 Å². The first-order valence-electron chi connectivity index (χ1n) is 8.92. The van der Waals surface area contributed by atoms with Crippen LogP contribution in [0.25, 0.3) is 6.08 Å². The van der Waals surface area contributed by atoms with Crippen LogP contribution in [0.5, 0.6) is 11.5 Å². The Bertz CT molecular complexity index is 1040. The molecule has 0 bridgehead atoms. The highest BCUT2D eigenvalue weighted by Gasteiger charge is 2.29. The second kappa shape index (κ2) is 9.10. The van der Waals surface area contributed by atoms with Crippen LogP contribution in [0.1, 0.15) is 18.1 Å². The van der Waals surface area contributed by atoms with Gasteiger partial charge in [-0.3, -0.25) is 19.8 Å². The van der Waals surface area contributed by atoms with Gasteiger partial charge in [0.05, 0.1) is 17.1 Å². The first-order chi connectivity index (χ1) is 14.3. The highest BCUT2D eigenvalue weighted by molar-refractivity contribution is 7.80. The summed E-state index contributed by atoms with van der Waals surface area (Å²) in [6, 6.07) is 9.37. The highest BCUT2D eigenvalue weighted by Crippen LogP contribution is 2.37. The van der Waals surface area contributed by atoms with Gasteiger partial charge < -0.3 is 14.8 Å². The fourth-order valence-corrected chi connectivity index (χ4v) is 3.45. The van der Waals surface area contributed by atoms with Gasteiger partial charge in [-0.15, -0.1) is 0 Å². The van der Waals surface area contributed by atoms with Crippen LogP contribution in [0.2, 0.25) is 5.02 Å². The number of likely N-dealkylation sites (N-methyl/N-ethyl adjacent to an activating group) is 1. The molecular formula is C20H18ClN3O5S. The summed E-state index contributed by atoms with van der Waals surface area (Å²) in [7, 11) is 1.48. The van der Waals surface area contributed by atoms with Crippen molar-refractivity contribution in [2.75, 3.05) is 13.7 Å². The predicted octanol–water partition coefficient (Wildman–Crippen LogP) is 3.91. The summed E-state index contributed by atoms with van der Waals surface area (Å²) >= 11 is 11.5. The summed E-state index contributed by atoms with van der Waals surface area (Å²) in [5.41, 5.74) is 1.72. The van der Waals surface area contributed by atoms with E-state index in [0.717, 1.165) is 5.56 Å². The van der Waals surface area contributed by atoms with Crippen LogP contribution in [-0.2, 0) is 11.4 Å². The van der Waals surface area contributed by atoms with Crippen molar-refractivity contribution in [3.05, 3.63) is 68.4 Å². The van der Waals surface area contributed by atoms with Crippen LogP contribution < -0.4 is 14.8 Å². The minimum atomic E-state index is -0.464. The molecular weight excluding hydrogens is 430 g/mol. The monoisotopic (exact) mass is 447 g/mol. The van der Waals surface area contributed by atoms with Gasteiger partial charge in [0.15, 0.2) is 16.6 Å². The van der Waals surface area contributed by atoms with Gasteiger partial charge in [-0.1, -0.05) is 11.6 Å². The lowest BCUT2D eigenvalue weighted by molar-refractivity contribution is -0.384. The van der Waals surface area contributed by atoms with E-state index in [0.29, 0.717) is 39.4 Å². The number of rotatable bonds is 7. The number of benzene rings is 2. The molecule has 1 heterocycles. The number of hydrogen-bond donors (Lipinski definition) is 1. The fourth-order valence-electron chi connectivity index (χ4n) is 2.86. The standard InChI is InChI=1S/C20H18ClN3O5S/c1-3-23-19(25)16(22-20(23)30)9-13-8-15(21)18(17(10-13)28-2)29-11-12-4-6-14(7-5-12)24(26)27/h4-10H,3,11H2,1-2H3,(H,22,30). The fraction of sp³-hybridized carbons (Fsp3) is 0.200. The number of non-ortho nitro benzene ring substituents is 1. The Kier molecular flexibility index (Phi) is 6.53. The quantitative estimate of drug-likeness (QED) is 0.297. The van der Waals surface area contributed by atoms with Crippen LogP contribution >= 0.6 is 23.8 Å². The molecule has 0 aromatic heterocycles. The van der Waals surface area contributed by atoms with Crippen LogP contribution in [0.15, 0.2) is 42.1 Å². The van der Waals surface area contributed by atoms with Crippen LogP contribution in [0.3, 0.4) is 0 Å². The molecule has 1 N–H and O–H groups in total. The maximum absolute atomic E-state index is 12.4. The first-order valence-corrected chi connectivity index (χ1v) is 9.70. The van der Waals surface area contributed by atoms with Crippen molar-refractivity contribution in [1.29, 1.82) is 0 Å². The minimum Gasteiger partial charge on any atom is -0.493 e. The number of carbonyl (C=O) groups is 1. The minimum absolute atomic E-state index is 0.00272. The second-order valence-corrected chi connectivity index (χ2v) is 7.08. The first kappa shape index (κ1) is 21.5. The lowest BCUT2D eigenvalue weighted by Crippen LogP contribution is -2.30. The predicted molar refractivity (Wildman–Crippen MR) is 117 cm³/mol. The molecule has 0 atom stereocenters. The van der Waals surface area contributed by atoms with Crippen molar-refractivity contribution in [1.82, 2.24) is 10.2 Å². The Morgan fingerprint density at radius 2 is 2.00 bits per heavy atom. The molecule has 1 aliphatic rings. The largest absolute Gasteiger partial charge is 0.493 e. The van der Waals surface area contributed by atoms with E-state index in [2.05, 4.69) is 5.32 Å². The molecule has 3 rings (SSSR count). The maximum Gasteiger partial charge on any atom is 0.276 e. The van der Waals surface area contributed by atoms with Gasteiger partial charge in [0.1, 0.15) is 12.3 Å². The van der Waals surface area contributed by atoms with Gasteiger partial charge in [0.2, 0.25) is 0 Å². The number of methoxy groups -OCH3 is 1. The molecule has 1 saturated heterocycles. The van der Waals surface area contributed by atoms with E-state index in [-0.39, 0.29) is 18.2 Å². The average molecular weight is 448 g/mol. The van der Waals surface area contributed by atoms with Crippen LogP contribution in [-0.4, -0.2) is 34.5 Å². The highest BCUT2D eigenvalue weighted by atomic mass is 35.5. The zero-order chi connectivity index (χ0) is 21.8. The zero-order valence-corrected chi connectivity index (χ0v) is 17.7.